The van der Waals surface area contributed by atoms with Crippen molar-refractivity contribution in [2.24, 2.45) is 5.92 Å². The minimum Gasteiger partial charge on any atom is -0.281 e. The maximum absolute atomic E-state index is 10.3. The van der Waals surface area contributed by atoms with Gasteiger partial charge < -0.3 is 0 Å². The van der Waals surface area contributed by atoms with E-state index in [9.17, 15) is 4.79 Å². The molecule has 1 nitrogen and oxygen atoms in total. The van der Waals surface area contributed by atoms with Gasteiger partial charge in [-0.3, -0.25) is 4.79 Å². The zero-order chi connectivity index (χ0) is 6.57. The predicted molar refractivity (Wildman–Crippen MR) is 36.6 cm³/mol. The zero-order valence-corrected chi connectivity index (χ0v) is 5.70. The molecule has 0 aliphatic carbocycles. The number of rotatable bonds is 3. The summed E-state index contributed by atoms with van der Waals surface area (Å²) in [6.07, 6.45) is 2.36. The molecule has 0 fully saturated rings. The fourth-order valence-corrected chi connectivity index (χ4v) is 0.692. The molecule has 0 aromatic carbocycles. The van der Waals surface area contributed by atoms with Crippen LogP contribution in [0.25, 0.3) is 0 Å². The second-order valence-electron chi connectivity index (χ2n) is 1.57. The van der Waals surface area contributed by atoms with Gasteiger partial charge in [-0.1, -0.05) is 13.0 Å². The summed E-state index contributed by atoms with van der Waals surface area (Å²) in [7, 11) is 0. The van der Waals surface area contributed by atoms with Gasteiger partial charge in [-0.05, 0) is 19.0 Å². The lowest BCUT2D eigenvalue weighted by Gasteiger charge is -1.98. The lowest BCUT2D eigenvalue weighted by Crippen LogP contribution is -2.02. The normalized spacial score (nSPS) is 12.6. The van der Waals surface area contributed by atoms with E-state index >= 15 is 0 Å². The molecule has 0 aromatic rings. The van der Waals surface area contributed by atoms with E-state index in [1.165, 1.54) is 0 Å². The monoisotopic (exact) mass is 129 g/mol. The third-order valence-electron chi connectivity index (χ3n) is 1.03. The Balaban J connectivity index is 3.69. The summed E-state index contributed by atoms with van der Waals surface area (Å²) >= 11 is 4.39. The standard InChI is InChI=1S/C6H9OS/c1-3-5(4-2)6(7)8/h3,5H,1,4H2,2H3. The van der Waals surface area contributed by atoms with Gasteiger partial charge in [-0.15, -0.1) is 6.58 Å². The molecule has 45 valence electrons. The number of hydrogen-bond donors (Lipinski definition) is 0. The molecule has 0 spiro atoms. The highest BCUT2D eigenvalue weighted by Crippen LogP contribution is 2.06. The molecule has 1 unspecified atom stereocenters. The molecule has 0 N–H and O–H groups in total. The van der Waals surface area contributed by atoms with Gasteiger partial charge >= 0.3 is 0 Å². The molecule has 0 bridgehead atoms. The largest absolute Gasteiger partial charge is 0.281 e. The first-order chi connectivity index (χ1) is 3.72. The molecule has 0 heterocycles. The van der Waals surface area contributed by atoms with Gasteiger partial charge in [-0.25, -0.2) is 0 Å². The first-order valence-electron chi connectivity index (χ1n) is 2.55. The lowest BCUT2D eigenvalue weighted by atomic mass is 10.1. The molecule has 0 aliphatic rings. The lowest BCUT2D eigenvalue weighted by molar-refractivity contribution is -0.113. The molecule has 8 heavy (non-hydrogen) atoms. The Morgan fingerprint density at radius 1 is 2.00 bits per heavy atom. The Morgan fingerprint density at radius 3 is 2.50 bits per heavy atom. The SMILES string of the molecule is C=CC(CC)C(=O)[S]. The number of carbonyl (C=O) groups is 1. The highest BCUT2D eigenvalue weighted by molar-refractivity contribution is 7.96. The van der Waals surface area contributed by atoms with Crippen molar-refractivity contribution in [1.82, 2.24) is 0 Å². The van der Waals surface area contributed by atoms with Crippen molar-refractivity contribution in [3.63, 3.8) is 0 Å². The van der Waals surface area contributed by atoms with E-state index in [4.69, 9.17) is 0 Å². The van der Waals surface area contributed by atoms with Crippen LogP contribution in [0.5, 0.6) is 0 Å². The minimum atomic E-state index is -0.206. The summed E-state index contributed by atoms with van der Waals surface area (Å²) in [5.74, 6) is -0.106. The van der Waals surface area contributed by atoms with E-state index in [1.807, 2.05) is 6.92 Å². The Bertz CT molecular complexity index is 98.7. The van der Waals surface area contributed by atoms with Crippen LogP contribution in [0.1, 0.15) is 13.3 Å². The van der Waals surface area contributed by atoms with E-state index < -0.39 is 0 Å². The summed E-state index contributed by atoms with van der Waals surface area (Å²) in [5.41, 5.74) is 0. The molecule has 0 amide bonds. The number of carbonyl (C=O) groups excluding carboxylic acids is 1. The summed E-state index contributed by atoms with van der Waals surface area (Å²) in [6, 6.07) is 0. The highest BCUT2D eigenvalue weighted by Gasteiger charge is 2.06. The Kier molecular flexibility index (Phi) is 3.44. The van der Waals surface area contributed by atoms with E-state index in [1.54, 1.807) is 6.08 Å². The molecule has 1 radical (unpaired) electrons. The van der Waals surface area contributed by atoms with Crippen LogP contribution >= 0.6 is 12.6 Å². The molecule has 0 aliphatic heterocycles. The predicted octanol–water partition coefficient (Wildman–Crippen LogP) is 1.92. The highest BCUT2D eigenvalue weighted by atomic mass is 32.1. The van der Waals surface area contributed by atoms with Crippen LogP contribution in [-0.2, 0) is 4.79 Å². The Morgan fingerprint density at radius 2 is 2.50 bits per heavy atom. The van der Waals surface area contributed by atoms with Crippen LogP contribution in [0.2, 0.25) is 0 Å². The zero-order valence-electron chi connectivity index (χ0n) is 4.89. The molecule has 2 heteroatoms. The third-order valence-corrected chi connectivity index (χ3v) is 1.33. The summed E-state index contributed by atoms with van der Waals surface area (Å²) in [5, 5.41) is -0.206. The van der Waals surface area contributed by atoms with Gasteiger partial charge in [0, 0.05) is 0 Å². The fourth-order valence-electron chi connectivity index (χ4n) is 0.430. The molecule has 1 atom stereocenters. The second-order valence-corrected chi connectivity index (χ2v) is 1.97. The molecule has 0 rings (SSSR count). The van der Waals surface area contributed by atoms with Gasteiger partial charge in [0.1, 0.15) is 0 Å². The molecule has 0 saturated carbocycles. The molecular weight excluding hydrogens is 120 g/mol. The molecular formula is C6H9OS. The van der Waals surface area contributed by atoms with Crippen molar-refractivity contribution in [2.75, 3.05) is 0 Å². The average molecular weight is 129 g/mol. The Hall–Kier alpha value is -0.370. The van der Waals surface area contributed by atoms with Crippen molar-refractivity contribution in [3.8, 4) is 0 Å². The van der Waals surface area contributed by atoms with E-state index in [0.29, 0.717) is 0 Å². The van der Waals surface area contributed by atoms with Crippen molar-refractivity contribution >= 4 is 17.7 Å². The van der Waals surface area contributed by atoms with Crippen molar-refractivity contribution in [3.05, 3.63) is 12.7 Å². The average Bonchev–Trinajstić information content (AvgIpc) is 1.69. The van der Waals surface area contributed by atoms with Gasteiger partial charge in [-0.2, -0.15) is 0 Å². The van der Waals surface area contributed by atoms with Gasteiger partial charge in [0.15, 0.2) is 0 Å². The van der Waals surface area contributed by atoms with Crippen LogP contribution < -0.4 is 0 Å². The van der Waals surface area contributed by atoms with E-state index in [0.717, 1.165) is 6.42 Å². The number of hydrogen-bond acceptors (Lipinski definition) is 1. The van der Waals surface area contributed by atoms with Crippen LogP contribution in [0.3, 0.4) is 0 Å². The maximum atomic E-state index is 10.3. The molecule has 0 aromatic heterocycles. The first kappa shape index (κ1) is 7.63. The van der Waals surface area contributed by atoms with Crippen molar-refractivity contribution < 1.29 is 4.79 Å². The van der Waals surface area contributed by atoms with E-state index in [-0.39, 0.29) is 11.0 Å². The van der Waals surface area contributed by atoms with Crippen molar-refractivity contribution in [2.45, 2.75) is 13.3 Å². The maximum Gasteiger partial charge on any atom is 0.225 e. The fraction of sp³-hybridized carbons (Fsp3) is 0.500. The summed E-state index contributed by atoms with van der Waals surface area (Å²) in [6.45, 7) is 5.38. The Labute approximate surface area is 55.2 Å². The summed E-state index contributed by atoms with van der Waals surface area (Å²) in [4.78, 5) is 10.3. The van der Waals surface area contributed by atoms with Crippen LogP contribution in [0, 0.1) is 5.92 Å². The smallest absolute Gasteiger partial charge is 0.225 e. The van der Waals surface area contributed by atoms with Crippen LogP contribution in [-0.4, -0.2) is 5.12 Å². The van der Waals surface area contributed by atoms with Crippen LogP contribution in [0.4, 0.5) is 0 Å². The minimum absolute atomic E-state index is 0.106. The second kappa shape index (κ2) is 3.61. The van der Waals surface area contributed by atoms with Crippen LogP contribution in [0.15, 0.2) is 12.7 Å². The first-order valence-corrected chi connectivity index (χ1v) is 2.96. The van der Waals surface area contributed by atoms with Gasteiger partial charge in [0.2, 0.25) is 5.12 Å². The number of allylic oxidation sites excluding steroid dienone is 1. The van der Waals surface area contributed by atoms with Crippen molar-refractivity contribution in [1.29, 1.82) is 0 Å². The quantitative estimate of drug-likeness (QED) is 0.532. The summed E-state index contributed by atoms with van der Waals surface area (Å²) < 4.78 is 0. The van der Waals surface area contributed by atoms with E-state index in [2.05, 4.69) is 19.2 Å². The topological polar surface area (TPSA) is 17.1 Å². The van der Waals surface area contributed by atoms with Gasteiger partial charge in [0.25, 0.3) is 0 Å². The molecule has 0 saturated heterocycles. The third kappa shape index (κ3) is 2.07. The van der Waals surface area contributed by atoms with Gasteiger partial charge in [0.05, 0.1) is 5.92 Å².